The molecule has 0 saturated heterocycles. The third kappa shape index (κ3) is 12.8. The smallest absolute Gasteiger partial charge is 0.344 e. The summed E-state index contributed by atoms with van der Waals surface area (Å²) in [6.45, 7) is 0.814. The molecule has 0 amide bonds. The molecule has 0 aromatic heterocycles. The van der Waals surface area contributed by atoms with Crippen LogP contribution in [0.15, 0.2) is 0 Å². The van der Waals surface area contributed by atoms with E-state index < -0.39 is 11.9 Å². The topological polar surface area (TPSA) is 96.0 Å². The molecule has 0 fully saturated rings. The van der Waals surface area contributed by atoms with Crippen molar-refractivity contribution in [3.05, 3.63) is 0 Å². The van der Waals surface area contributed by atoms with Gasteiger partial charge in [0.1, 0.15) is 6.61 Å². The molecule has 0 aromatic carbocycles. The normalized spacial score (nSPS) is 9.81. The Morgan fingerprint density at radius 2 is 1.19 bits per heavy atom. The van der Waals surface area contributed by atoms with E-state index in [1.807, 2.05) is 0 Å². The van der Waals surface area contributed by atoms with Gasteiger partial charge >= 0.3 is 17.9 Å². The van der Waals surface area contributed by atoms with Crippen LogP contribution in [0.2, 0.25) is 0 Å². The van der Waals surface area contributed by atoms with Crippen LogP contribution >= 0.6 is 0 Å². The highest BCUT2D eigenvalue weighted by atomic mass is 16.6. The molecule has 0 unspecified atom stereocenters. The summed E-state index contributed by atoms with van der Waals surface area (Å²) < 4.78 is 13.7. The van der Waals surface area contributed by atoms with Crippen LogP contribution < -0.4 is 0 Å². The summed E-state index contributed by atoms with van der Waals surface area (Å²) in [5.74, 6) is -1.61. The van der Waals surface area contributed by atoms with Gasteiger partial charge in [-0.2, -0.15) is 0 Å². The number of carbonyl (C=O) groups excluding carboxylic acids is 4. The minimum atomic E-state index is -0.590. The first kappa shape index (κ1) is 19.1. The van der Waals surface area contributed by atoms with E-state index in [2.05, 4.69) is 9.47 Å². The Labute approximate surface area is 123 Å². The molecular formula is C14H22O7. The summed E-state index contributed by atoms with van der Waals surface area (Å²) in [6, 6.07) is 0. The first-order valence-corrected chi connectivity index (χ1v) is 6.83. The Bertz CT molecular complexity index is 362. The number of hydrogen-bond acceptors (Lipinski definition) is 7. The number of ketones is 1. The summed E-state index contributed by atoms with van der Waals surface area (Å²) in [5, 5.41) is 0. The van der Waals surface area contributed by atoms with Gasteiger partial charge in [0.05, 0.1) is 7.11 Å². The van der Waals surface area contributed by atoms with Crippen molar-refractivity contribution in [1.29, 1.82) is 0 Å². The second-order valence-electron chi connectivity index (χ2n) is 4.51. The zero-order valence-corrected chi connectivity index (χ0v) is 12.5. The van der Waals surface area contributed by atoms with Crippen LogP contribution in [0.1, 0.15) is 45.4 Å². The highest BCUT2D eigenvalue weighted by Crippen LogP contribution is 2.07. The van der Waals surface area contributed by atoms with Gasteiger partial charge in [-0.25, -0.2) is 4.79 Å². The predicted octanol–water partition coefficient (Wildman–Crippen LogP) is 1.18. The van der Waals surface area contributed by atoms with E-state index in [4.69, 9.17) is 4.74 Å². The quantitative estimate of drug-likeness (QED) is 0.321. The molecule has 7 nitrogen and oxygen atoms in total. The summed E-state index contributed by atoms with van der Waals surface area (Å²) >= 11 is 0. The summed E-state index contributed by atoms with van der Waals surface area (Å²) in [5.41, 5.74) is 0. The van der Waals surface area contributed by atoms with Crippen LogP contribution in [0.3, 0.4) is 0 Å². The van der Waals surface area contributed by atoms with E-state index in [1.165, 1.54) is 14.0 Å². The second-order valence-corrected chi connectivity index (χ2v) is 4.51. The summed E-state index contributed by atoms with van der Waals surface area (Å²) in [6.07, 6.45) is 3.31. The molecular weight excluding hydrogens is 280 g/mol. The number of ether oxygens (including phenoxy) is 3. The summed E-state index contributed by atoms with van der Waals surface area (Å²) in [4.78, 5) is 43.7. The Kier molecular flexibility index (Phi) is 10.8. The minimum Gasteiger partial charge on any atom is -0.466 e. The molecule has 0 bridgehead atoms. The molecule has 0 heterocycles. The number of hydrogen-bond donors (Lipinski definition) is 0. The van der Waals surface area contributed by atoms with Crippen molar-refractivity contribution in [1.82, 2.24) is 0 Å². The fourth-order valence-electron chi connectivity index (χ4n) is 1.42. The molecule has 0 aliphatic rings. The van der Waals surface area contributed by atoms with Crippen molar-refractivity contribution >= 4 is 23.7 Å². The average molecular weight is 302 g/mol. The molecule has 0 aromatic rings. The van der Waals surface area contributed by atoms with Crippen molar-refractivity contribution in [2.75, 3.05) is 20.3 Å². The van der Waals surface area contributed by atoms with Gasteiger partial charge in [0.2, 0.25) is 0 Å². The third-order valence-electron chi connectivity index (χ3n) is 2.53. The average Bonchev–Trinajstić information content (AvgIpc) is 2.45. The first-order chi connectivity index (χ1) is 9.95. The predicted molar refractivity (Wildman–Crippen MR) is 72.3 cm³/mol. The maximum atomic E-state index is 11.2. The van der Waals surface area contributed by atoms with Gasteiger partial charge in [0, 0.05) is 12.8 Å². The van der Waals surface area contributed by atoms with Crippen LogP contribution in [-0.2, 0) is 33.4 Å². The number of methoxy groups -OCH3 is 1. The highest BCUT2D eigenvalue weighted by molar-refractivity contribution is 5.80. The fourth-order valence-corrected chi connectivity index (χ4v) is 1.42. The van der Waals surface area contributed by atoms with Gasteiger partial charge in [0.25, 0.3) is 0 Å². The lowest BCUT2D eigenvalue weighted by Gasteiger charge is -2.04. The van der Waals surface area contributed by atoms with Gasteiger partial charge in [-0.15, -0.1) is 0 Å². The van der Waals surface area contributed by atoms with Gasteiger partial charge in [-0.05, 0) is 19.8 Å². The van der Waals surface area contributed by atoms with Gasteiger partial charge < -0.3 is 14.2 Å². The zero-order valence-electron chi connectivity index (χ0n) is 12.5. The molecule has 0 atom stereocenters. The lowest BCUT2D eigenvalue weighted by atomic mass is 10.1. The van der Waals surface area contributed by atoms with Gasteiger partial charge in [-0.1, -0.05) is 12.8 Å². The Morgan fingerprint density at radius 1 is 0.714 bits per heavy atom. The largest absolute Gasteiger partial charge is 0.466 e. The molecule has 0 spiro atoms. The number of Topliss-reactive ketones (excluding diaryl/α,β-unsaturated/α-hetero) is 1. The first-order valence-electron chi connectivity index (χ1n) is 6.83. The summed E-state index contributed by atoms with van der Waals surface area (Å²) in [7, 11) is 1.22. The van der Waals surface area contributed by atoms with Crippen molar-refractivity contribution in [3.63, 3.8) is 0 Å². The van der Waals surface area contributed by atoms with Gasteiger partial charge in [0.15, 0.2) is 12.4 Å². The van der Waals surface area contributed by atoms with Crippen LogP contribution in [0, 0.1) is 0 Å². The van der Waals surface area contributed by atoms with Crippen LogP contribution in [0.5, 0.6) is 0 Å². The molecule has 0 aliphatic carbocycles. The van der Waals surface area contributed by atoms with E-state index in [1.54, 1.807) is 0 Å². The monoisotopic (exact) mass is 302 g/mol. The van der Waals surface area contributed by atoms with Crippen molar-refractivity contribution < 1.29 is 33.4 Å². The van der Waals surface area contributed by atoms with Gasteiger partial charge in [-0.3, -0.25) is 14.4 Å². The van der Waals surface area contributed by atoms with Crippen LogP contribution in [0.25, 0.3) is 0 Å². The number of rotatable bonds is 11. The number of unbranched alkanes of at least 4 members (excludes halogenated alkanes) is 3. The Hall–Kier alpha value is -1.92. The maximum Gasteiger partial charge on any atom is 0.344 e. The second kappa shape index (κ2) is 11.9. The fraction of sp³-hybridized carbons (Fsp3) is 0.714. The molecule has 120 valence electrons. The van der Waals surface area contributed by atoms with Crippen molar-refractivity contribution in [2.24, 2.45) is 0 Å². The molecule has 21 heavy (non-hydrogen) atoms. The van der Waals surface area contributed by atoms with E-state index in [9.17, 15) is 19.2 Å². The number of carbonyl (C=O) groups is 4. The van der Waals surface area contributed by atoms with Crippen LogP contribution in [-0.4, -0.2) is 44.0 Å². The van der Waals surface area contributed by atoms with Crippen molar-refractivity contribution in [3.8, 4) is 0 Å². The lowest BCUT2D eigenvalue weighted by molar-refractivity contribution is -0.157. The third-order valence-corrected chi connectivity index (χ3v) is 2.53. The molecule has 0 N–H and O–H groups in total. The lowest BCUT2D eigenvalue weighted by Crippen LogP contribution is -2.14. The maximum absolute atomic E-state index is 11.2. The molecule has 0 aliphatic heterocycles. The van der Waals surface area contributed by atoms with E-state index in [0.29, 0.717) is 12.8 Å². The van der Waals surface area contributed by atoms with E-state index in [0.717, 1.165) is 12.8 Å². The highest BCUT2D eigenvalue weighted by Gasteiger charge is 2.07. The Balaban J connectivity index is 3.43. The molecule has 7 heteroatoms. The van der Waals surface area contributed by atoms with E-state index >= 15 is 0 Å². The minimum absolute atomic E-state index is 0.176. The van der Waals surface area contributed by atoms with E-state index in [-0.39, 0.29) is 37.8 Å². The Morgan fingerprint density at radius 3 is 1.62 bits per heavy atom. The van der Waals surface area contributed by atoms with Crippen LogP contribution in [0.4, 0.5) is 0 Å². The SMILES string of the molecule is COC(=O)COC(=O)CCCCCCC(=O)OCC(C)=O. The standard InChI is InChI=1S/C14H22O7/c1-11(15)9-20-12(16)7-5-3-4-6-8-13(17)21-10-14(18)19-2/h3-10H2,1-2H3. The molecule has 0 saturated carbocycles. The molecule has 0 radical (unpaired) electrons. The molecule has 0 rings (SSSR count). The zero-order chi connectivity index (χ0) is 16.1. The van der Waals surface area contributed by atoms with Crippen molar-refractivity contribution in [2.45, 2.75) is 45.4 Å². The number of esters is 3.